The minimum absolute atomic E-state index is 0.0362. The fraction of sp³-hybridized carbons (Fsp3) is 0.409. The number of nitrogens with one attached hydrogen (secondary N) is 1. The summed E-state index contributed by atoms with van der Waals surface area (Å²) in [4.78, 5) is 39.2. The largest absolute Gasteiger partial charge is 0.352 e. The summed E-state index contributed by atoms with van der Waals surface area (Å²) >= 11 is 0. The number of nitrogens with zero attached hydrogens (tertiary/aromatic N) is 5. The van der Waals surface area contributed by atoms with Gasteiger partial charge in [0, 0.05) is 38.3 Å². The minimum Gasteiger partial charge on any atom is -0.352 e. The van der Waals surface area contributed by atoms with Gasteiger partial charge in [0.15, 0.2) is 0 Å². The smallest absolute Gasteiger partial charge is 0.312 e. The summed E-state index contributed by atoms with van der Waals surface area (Å²) in [5.74, 6) is -0.0951. The van der Waals surface area contributed by atoms with Crippen molar-refractivity contribution in [2.45, 2.75) is 20.4 Å². The fourth-order valence-electron chi connectivity index (χ4n) is 3.77. The summed E-state index contributed by atoms with van der Waals surface area (Å²) < 4.78 is 1.61. The zero-order valence-electron chi connectivity index (χ0n) is 18.4. The van der Waals surface area contributed by atoms with Crippen LogP contribution in [-0.2, 0) is 11.3 Å². The van der Waals surface area contributed by atoms with E-state index >= 15 is 0 Å². The van der Waals surface area contributed by atoms with Crippen molar-refractivity contribution in [2.75, 3.05) is 39.3 Å². The van der Waals surface area contributed by atoms with Crippen LogP contribution in [-0.4, -0.2) is 75.6 Å². The van der Waals surface area contributed by atoms with Crippen molar-refractivity contribution in [1.82, 2.24) is 24.9 Å². The van der Waals surface area contributed by atoms with Gasteiger partial charge in [0.05, 0.1) is 18.0 Å². The van der Waals surface area contributed by atoms with Crippen LogP contribution in [0.1, 0.15) is 27.3 Å². The SMILES string of the molecule is C=CCNC(=O)CN1CCN(C(=O)c2ccc(Cn3nc(C)c([N+](=O)[O-])c3C)cc2)CC1. The Kier molecular flexibility index (Phi) is 7.37. The van der Waals surface area contributed by atoms with Crippen LogP contribution in [0.5, 0.6) is 0 Å². The van der Waals surface area contributed by atoms with Gasteiger partial charge in [0.1, 0.15) is 11.4 Å². The molecule has 0 atom stereocenters. The molecule has 0 radical (unpaired) electrons. The van der Waals surface area contributed by atoms with E-state index in [4.69, 9.17) is 0 Å². The molecule has 0 saturated carbocycles. The molecule has 10 heteroatoms. The minimum atomic E-state index is -0.413. The first kappa shape index (κ1) is 23.1. The lowest BCUT2D eigenvalue weighted by molar-refractivity contribution is -0.386. The lowest BCUT2D eigenvalue weighted by Crippen LogP contribution is -2.51. The predicted octanol–water partition coefficient (Wildman–Crippen LogP) is 1.52. The van der Waals surface area contributed by atoms with Gasteiger partial charge < -0.3 is 10.2 Å². The fourth-order valence-corrected chi connectivity index (χ4v) is 3.77. The van der Waals surface area contributed by atoms with E-state index < -0.39 is 4.92 Å². The van der Waals surface area contributed by atoms with E-state index in [-0.39, 0.29) is 17.5 Å². The highest BCUT2D eigenvalue weighted by Gasteiger charge is 2.24. The Hall–Kier alpha value is -3.53. The van der Waals surface area contributed by atoms with E-state index in [1.807, 2.05) is 17.0 Å². The summed E-state index contributed by atoms with van der Waals surface area (Å²) in [6.45, 7) is 10.4. The summed E-state index contributed by atoms with van der Waals surface area (Å²) in [5, 5.41) is 18.2. The maximum atomic E-state index is 12.8. The summed E-state index contributed by atoms with van der Waals surface area (Å²) in [7, 11) is 0. The van der Waals surface area contributed by atoms with Crippen LogP contribution in [0, 0.1) is 24.0 Å². The van der Waals surface area contributed by atoms with E-state index in [0.717, 1.165) is 5.56 Å². The van der Waals surface area contributed by atoms with Gasteiger partial charge in [0.25, 0.3) is 5.91 Å². The van der Waals surface area contributed by atoms with E-state index in [0.29, 0.717) is 62.8 Å². The van der Waals surface area contributed by atoms with Crippen LogP contribution < -0.4 is 5.32 Å². The molecule has 2 aromatic rings. The Balaban J connectivity index is 1.56. The second-order valence-corrected chi connectivity index (χ2v) is 7.79. The number of hydrogen-bond donors (Lipinski definition) is 1. The number of benzene rings is 1. The molecule has 1 aliphatic heterocycles. The molecule has 1 aromatic carbocycles. The average molecular weight is 441 g/mol. The first-order valence-corrected chi connectivity index (χ1v) is 10.5. The summed E-state index contributed by atoms with van der Waals surface area (Å²) in [5.41, 5.74) is 2.41. The van der Waals surface area contributed by atoms with Crippen molar-refractivity contribution in [2.24, 2.45) is 0 Å². The molecule has 32 heavy (non-hydrogen) atoms. The maximum absolute atomic E-state index is 12.8. The Morgan fingerprint density at radius 2 is 1.84 bits per heavy atom. The molecule has 1 N–H and O–H groups in total. The molecule has 1 aromatic heterocycles. The molecular weight excluding hydrogens is 412 g/mol. The highest BCUT2D eigenvalue weighted by atomic mass is 16.6. The van der Waals surface area contributed by atoms with E-state index in [2.05, 4.69) is 17.0 Å². The summed E-state index contributed by atoms with van der Waals surface area (Å²) in [6.07, 6.45) is 1.64. The molecule has 2 heterocycles. The number of carbonyl (C=O) groups is 2. The number of hydrogen-bond acceptors (Lipinski definition) is 6. The summed E-state index contributed by atoms with van der Waals surface area (Å²) in [6, 6.07) is 7.23. The van der Waals surface area contributed by atoms with Crippen molar-refractivity contribution in [3.05, 3.63) is 69.5 Å². The number of aryl methyl sites for hydroxylation is 1. The standard InChI is InChI=1S/C22H28N6O4/c1-4-9-23-20(29)15-25-10-12-26(13-11-25)22(30)19-7-5-18(6-8-19)14-27-17(3)21(28(31)32)16(2)24-27/h4-8H,1,9-15H2,2-3H3,(H,23,29). The third-order valence-electron chi connectivity index (χ3n) is 5.53. The number of rotatable bonds is 8. The number of aromatic nitrogens is 2. The monoisotopic (exact) mass is 440 g/mol. The molecule has 1 saturated heterocycles. The van der Waals surface area contributed by atoms with Crippen LogP contribution in [0.15, 0.2) is 36.9 Å². The van der Waals surface area contributed by atoms with Crippen molar-refractivity contribution in [1.29, 1.82) is 0 Å². The van der Waals surface area contributed by atoms with Crippen LogP contribution in [0.3, 0.4) is 0 Å². The third-order valence-corrected chi connectivity index (χ3v) is 5.53. The first-order chi connectivity index (χ1) is 15.3. The van der Waals surface area contributed by atoms with Crippen molar-refractivity contribution in [3.8, 4) is 0 Å². The van der Waals surface area contributed by atoms with Crippen LogP contribution in [0.2, 0.25) is 0 Å². The zero-order chi connectivity index (χ0) is 23.3. The maximum Gasteiger partial charge on any atom is 0.312 e. The van der Waals surface area contributed by atoms with E-state index in [1.165, 1.54) is 0 Å². The second-order valence-electron chi connectivity index (χ2n) is 7.79. The molecule has 2 amide bonds. The Morgan fingerprint density at radius 1 is 1.19 bits per heavy atom. The molecule has 0 bridgehead atoms. The molecule has 10 nitrogen and oxygen atoms in total. The van der Waals surface area contributed by atoms with E-state index in [9.17, 15) is 19.7 Å². The van der Waals surface area contributed by atoms with Crippen LogP contribution in [0.4, 0.5) is 5.69 Å². The van der Waals surface area contributed by atoms with Crippen molar-refractivity contribution < 1.29 is 14.5 Å². The molecule has 3 rings (SSSR count). The Bertz CT molecular complexity index is 1010. The van der Waals surface area contributed by atoms with Gasteiger partial charge in [-0.2, -0.15) is 5.10 Å². The van der Waals surface area contributed by atoms with Gasteiger partial charge >= 0.3 is 5.69 Å². The average Bonchev–Trinajstić information content (AvgIpc) is 3.05. The highest BCUT2D eigenvalue weighted by molar-refractivity contribution is 5.94. The number of carbonyl (C=O) groups excluding carboxylic acids is 2. The molecule has 0 aliphatic carbocycles. The second kappa shape index (κ2) is 10.2. The molecule has 1 fully saturated rings. The van der Waals surface area contributed by atoms with Crippen molar-refractivity contribution in [3.63, 3.8) is 0 Å². The van der Waals surface area contributed by atoms with Gasteiger partial charge in [0.2, 0.25) is 5.91 Å². The quantitative estimate of drug-likeness (QED) is 0.378. The third kappa shape index (κ3) is 5.38. The van der Waals surface area contributed by atoms with Crippen LogP contribution >= 0.6 is 0 Å². The van der Waals surface area contributed by atoms with Gasteiger partial charge in [-0.3, -0.25) is 29.3 Å². The molecule has 170 valence electrons. The van der Waals surface area contributed by atoms with Crippen LogP contribution in [0.25, 0.3) is 0 Å². The van der Waals surface area contributed by atoms with Gasteiger partial charge in [-0.25, -0.2) is 0 Å². The number of nitro groups is 1. The topological polar surface area (TPSA) is 114 Å². The molecule has 0 unspecified atom stereocenters. The molecule has 0 spiro atoms. The predicted molar refractivity (Wildman–Crippen MR) is 119 cm³/mol. The number of piperazine rings is 1. The van der Waals surface area contributed by atoms with Gasteiger partial charge in [-0.15, -0.1) is 6.58 Å². The zero-order valence-corrected chi connectivity index (χ0v) is 18.4. The Morgan fingerprint density at radius 3 is 2.41 bits per heavy atom. The molecule has 1 aliphatic rings. The highest BCUT2D eigenvalue weighted by Crippen LogP contribution is 2.22. The van der Waals surface area contributed by atoms with E-state index in [1.54, 1.807) is 41.6 Å². The normalized spacial score (nSPS) is 14.2. The lowest BCUT2D eigenvalue weighted by atomic mass is 10.1. The number of amides is 2. The molecular formula is C22H28N6O4. The van der Waals surface area contributed by atoms with Gasteiger partial charge in [-0.1, -0.05) is 18.2 Å². The van der Waals surface area contributed by atoms with Gasteiger partial charge in [-0.05, 0) is 31.5 Å². The lowest BCUT2D eigenvalue weighted by Gasteiger charge is -2.34. The van der Waals surface area contributed by atoms with Crippen molar-refractivity contribution >= 4 is 17.5 Å². The Labute approximate surface area is 186 Å². The first-order valence-electron chi connectivity index (χ1n) is 10.5.